The molecule has 3 fully saturated rings. The molecule has 34 heavy (non-hydrogen) atoms. The fourth-order valence-corrected chi connectivity index (χ4v) is 5.39. The Morgan fingerprint density at radius 1 is 1.35 bits per heavy atom. The van der Waals surface area contributed by atoms with Gasteiger partial charge in [0.05, 0.1) is 13.2 Å². The van der Waals surface area contributed by atoms with Crippen LogP contribution in [0.15, 0.2) is 24.3 Å². The predicted molar refractivity (Wildman–Crippen MR) is 124 cm³/mol. The summed E-state index contributed by atoms with van der Waals surface area (Å²) in [6.45, 7) is 1.09. The van der Waals surface area contributed by atoms with Crippen molar-refractivity contribution in [1.29, 1.82) is 5.26 Å². The number of H-pyrrole nitrogens is 1. The number of nitriles is 1. The Morgan fingerprint density at radius 3 is 2.85 bits per heavy atom. The fourth-order valence-electron chi connectivity index (χ4n) is 5.39. The zero-order valence-corrected chi connectivity index (χ0v) is 19.2. The highest BCUT2D eigenvalue weighted by Gasteiger charge is 2.51. The number of methoxy groups -OCH3 is 1. The van der Waals surface area contributed by atoms with Gasteiger partial charge in [0.25, 0.3) is 5.91 Å². The van der Waals surface area contributed by atoms with Gasteiger partial charge in [-0.1, -0.05) is 6.07 Å². The number of amides is 3. The van der Waals surface area contributed by atoms with Crippen molar-refractivity contribution in [3.05, 3.63) is 30.0 Å². The number of aromatic nitrogens is 1. The number of aromatic amines is 1. The summed E-state index contributed by atoms with van der Waals surface area (Å²) in [5, 5.41) is 16.0. The Hall–Kier alpha value is -3.54. The number of likely N-dealkylation sites (tertiary alicyclic amines) is 1. The van der Waals surface area contributed by atoms with Crippen LogP contribution in [0.5, 0.6) is 5.75 Å². The first-order valence-corrected chi connectivity index (χ1v) is 11.9. The summed E-state index contributed by atoms with van der Waals surface area (Å²) in [5.41, 5.74) is 1.32. The van der Waals surface area contributed by atoms with E-state index >= 15 is 0 Å². The van der Waals surface area contributed by atoms with E-state index in [1.54, 1.807) is 18.1 Å². The van der Waals surface area contributed by atoms with E-state index in [9.17, 15) is 19.6 Å². The van der Waals surface area contributed by atoms with Gasteiger partial charge in [0.15, 0.2) is 0 Å². The van der Waals surface area contributed by atoms with Crippen LogP contribution in [-0.2, 0) is 9.59 Å². The van der Waals surface area contributed by atoms with Gasteiger partial charge in [-0.2, -0.15) is 5.26 Å². The van der Waals surface area contributed by atoms with Gasteiger partial charge in [0, 0.05) is 29.9 Å². The molecule has 1 aromatic carbocycles. The number of piperidine rings is 1. The van der Waals surface area contributed by atoms with Gasteiger partial charge in [-0.25, -0.2) is 0 Å². The lowest BCUT2D eigenvalue weighted by Crippen LogP contribution is -2.55. The number of nitrogens with zero attached hydrogens (tertiary/aromatic N) is 2. The first kappa shape index (κ1) is 22.3. The van der Waals surface area contributed by atoms with E-state index in [0.29, 0.717) is 37.4 Å². The average molecular weight is 464 g/mol. The molecular formula is C25H29N5O4. The minimum atomic E-state index is -0.771. The van der Waals surface area contributed by atoms with Crippen molar-refractivity contribution in [2.45, 2.75) is 50.6 Å². The monoisotopic (exact) mass is 463 g/mol. The SMILES string of the molecule is COc1cccc2[nH]c(C(=O)N3CCC4(CC4)CC3C(=O)N[C@H](C#N)CC3CCNC3=O)cc12. The second kappa shape index (κ2) is 8.67. The molecule has 2 aliphatic heterocycles. The van der Waals surface area contributed by atoms with Crippen LogP contribution in [0.1, 0.15) is 49.0 Å². The molecule has 3 amide bonds. The molecule has 1 aliphatic carbocycles. The molecule has 3 heterocycles. The molecule has 1 aromatic heterocycles. The van der Waals surface area contributed by atoms with Crippen LogP contribution in [0.2, 0.25) is 0 Å². The lowest BCUT2D eigenvalue weighted by Gasteiger charge is -2.39. The quantitative estimate of drug-likeness (QED) is 0.605. The number of nitrogens with one attached hydrogen (secondary N) is 3. The largest absolute Gasteiger partial charge is 0.496 e. The molecule has 9 heteroatoms. The first-order valence-electron chi connectivity index (χ1n) is 11.9. The van der Waals surface area contributed by atoms with E-state index in [1.165, 1.54) is 0 Å². The number of hydrogen-bond donors (Lipinski definition) is 3. The molecule has 0 bridgehead atoms. The van der Waals surface area contributed by atoms with Gasteiger partial charge in [-0.3, -0.25) is 14.4 Å². The Balaban J connectivity index is 1.35. The van der Waals surface area contributed by atoms with E-state index in [4.69, 9.17) is 4.74 Å². The third kappa shape index (κ3) is 4.09. The summed E-state index contributed by atoms with van der Waals surface area (Å²) in [4.78, 5) is 43.6. The molecule has 0 radical (unpaired) electrons. The van der Waals surface area contributed by atoms with Crippen molar-refractivity contribution >= 4 is 28.6 Å². The Kier molecular flexibility index (Phi) is 5.68. The first-order chi connectivity index (χ1) is 16.4. The number of hydrogen-bond acceptors (Lipinski definition) is 5. The smallest absolute Gasteiger partial charge is 0.270 e. The van der Waals surface area contributed by atoms with Gasteiger partial charge in [-0.05, 0) is 62.1 Å². The minimum Gasteiger partial charge on any atom is -0.496 e. The van der Waals surface area contributed by atoms with Crippen molar-refractivity contribution < 1.29 is 19.1 Å². The number of rotatable bonds is 6. The number of carbonyl (C=O) groups excluding carboxylic acids is 3. The normalized spacial score (nSPS) is 23.9. The number of ether oxygens (including phenoxy) is 1. The van der Waals surface area contributed by atoms with E-state index in [2.05, 4.69) is 21.7 Å². The molecule has 2 unspecified atom stereocenters. The van der Waals surface area contributed by atoms with Gasteiger partial charge < -0.3 is 25.3 Å². The summed E-state index contributed by atoms with van der Waals surface area (Å²) < 4.78 is 5.41. The topological polar surface area (TPSA) is 127 Å². The van der Waals surface area contributed by atoms with Crippen molar-refractivity contribution in [3.8, 4) is 11.8 Å². The summed E-state index contributed by atoms with van der Waals surface area (Å²) in [7, 11) is 1.59. The van der Waals surface area contributed by atoms with Crippen LogP contribution in [0.4, 0.5) is 0 Å². The third-order valence-electron chi connectivity index (χ3n) is 7.64. The van der Waals surface area contributed by atoms with Gasteiger partial charge in [0.1, 0.15) is 23.5 Å². The van der Waals surface area contributed by atoms with Crippen molar-refractivity contribution in [2.75, 3.05) is 20.2 Å². The van der Waals surface area contributed by atoms with Crippen LogP contribution in [0, 0.1) is 22.7 Å². The molecular weight excluding hydrogens is 434 g/mol. The maximum absolute atomic E-state index is 13.5. The standard InChI is InChI=1S/C25H29N5O4/c1-34-21-4-2-3-18-17(21)12-19(29-18)24(33)30-10-8-25(6-7-25)13-20(30)23(32)28-16(14-26)11-15-5-9-27-22(15)31/h2-4,12,15-16,20,29H,5-11,13H2,1H3,(H,27,31)(H,28,32)/t15?,16-,20?/m0/s1. The average Bonchev–Trinajstić information content (AvgIpc) is 3.25. The molecule has 5 rings (SSSR count). The van der Waals surface area contributed by atoms with Crippen molar-refractivity contribution in [3.63, 3.8) is 0 Å². The van der Waals surface area contributed by atoms with Gasteiger partial charge >= 0.3 is 0 Å². The van der Waals surface area contributed by atoms with Crippen LogP contribution in [-0.4, -0.2) is 59.9 Å². The maximum atomic E-state index is 13.5. The van der Waals surface area contributed by atoms with Crippen molar-refractivity contribution in [2.24, 2.45) is 11.3 Å². The highest BCUT2D eigenvalue weighted by atomic mass is 16.5. The zero-order chi connectivity index (χ0) is 23.9. The fraction of sp³-hybridized carbons (Fsp3) is 0.520. The highest BCUT2D eigenvalue weighted by molar-refractivity contribution is 6.01. The molecule has 3 N–H and O–H groups in total. The molecule has 2 aromatic rings. The molecule has 3 aliphatic rings. The summed E-state index contributed by atoms with van der Waals surface area (Å²) >= 11 is 0. The van der Waals surface area contributed by atoms with E-state index in [0.717, 1.165) is 30.2 Å². The molecule has 178 valence electrons. The molecule has 9 nitrogen and oxygen atoms in total. The summed E-state index contributed by atoms with van der Waals surface area (Å²) in [6, 6.07) is 8.05. The van der Waals surface area contributed by atoms with Crippen LogP contribution in [0.25, 0.3) is 10.9 Å². The van der Waals surface area contributed by atoms with Crippen LogP contribution in [0.3, 0.4) is 0 Å². The molecule has 2 saturated heterocycles. The van der Waals surface area contributed by atoms with Crippen LogP contribution >= 0.6 is 0 Å². The van der Waals surface area contributed by atoms with E-state index < -0.39 is 12.1 Å². The second-order valence-corrected chi connectivity index (χ2v) is 9.78. The molecule has 3 atom stereocenters. The lowest BCUT2D eigenvalue weighted by molar-refractivity contribution is -0.128. The highest BCUT2D eigenvalue weighted by Crippen LogP contribution is 2.55. The van der Waals surface area contributed by atoms with E-state index in [-0.39, 0.29) is 35.5 Å². The van der Waals surface area contributed by atoms with Crippen molar-refractivity contribution in [1.82, 2.24) is 20.5 Å². The number of benzene rings is 1. The van der Waals surface area contributed by atoms with Gasteiger partial charge in [-0.15, -0.1) is 0 Å². The predicted octanol–water partition coefficient (Wildman–Crippen LogP) is 2.10. The summed E-state index contributed by atoms with van der Waals surface area (Å²) in [5.74, 6) is -0.235. The Bertz CT molecular complexity index is 1180. The number of fused-ring (bicyclic) bond motifs is 1. The maximum Gasteiger partial charge on any atom is 0.270 e. The zero-order valence-electron chi connectivity index (χ0n) is 19.2. The minimum absolute atomic E-state index is 0.0739. The third-order valence-corrected chi connectivity index (χ3v) is 7.64. The lowest BCUT2D eigenvalue weighted by atomic mass is 9.87. The Morgan fingerprint density at radius 2 is 2.18 bits per heavy atom. The second-order valence-electron chi connectivity index (χ2n) is 9.78. The van der Waals surface area contributed by atoms with Crippen LogP contribution < -0.4 is 15.4 Å². The molecule has 1 spiro atoms. The summed E-state index contributed by atoms with van der Waals surface area (Å²) in [6.07, 6.45) is 4.53. The number of carbonyl (C=O) groups is 3. The molecule has 1 saturated carbocycles. The van der Waals surface area contributed by atoms with Gasteiger partial charge in [0.2, 0.25) is 11.8 Å². The van der Waals surface area contributed by atoms with E-state index in [1.807, 2.05) is 18.2 Å². The Labute approximate surface area is 197 Å².